The van der Waals surface area contributed by atoms with Crippen LogP contribution in [-0.2, 0) is 9.09 Å². The van der Waals surface area contributed by atoms with E-state index >= 15 is 0 Å². The zero-order valence-corrected chi connectivity index (χ0v) is 12.0. The Morgan fingerprint density at radius 3 is 2.45 bits per heavy atom. The summed E-state index contributed by atoms with van der Waals surface area (Å²) in [6.45, 7) is 0.285. The smallest absolute Gasteiger partial charge is 0.770 e. The van der Waals surface area contributed by atoms with Crippen molar-refractivity contribution in [3.05, 3.63) is 0 Å². The number of hydrogen-bond acceptors (Lipinski definition) is 4. The average molecular weight is 222 g/mol. The minimum Gasteiger partial charge on any atom is -0.770 e. The molecule has 0 N–H and O–H groups in total. The Morgan fingerprint density at radius 2 is 2.09 bits per heavy atom. The summed E-state index contributed by atoms with van der Waals surface area (Å²) in [5.41, 5.74) is 0. The summed E-state index contributed by atoms with van der Waals surface area (Å²) in [5.74, 6) is 0.612. The SMILES string of the molecule is CCCSP(=O)([O-])OCC.[K+]. The van der Waals surface area contributed by atoms with E-state index in [-0.39, 0.29) is 58.0 Å². The van der Waals surface area contributed by atoms with E-state index in [0.29, 0.717) is 5.75 Å². The first-order valence-corrected chi connectivity index (χ1v) is 6.36. The summed E-state index contributed by atoms with van der Waals surface area (Å²) in [4.78, 5) is 10.8. The zero-order chi connectivity index (χ0) is 8.04. The summed E-state index contributed by atoms with van der Waals surface area (Å²) >= 11 is 0.881. The third-order valence-electron chi connectivity index (χ3n) is 0.741. The van der Waals surface area contributed by atoms with Gasteiger partial charge in [-0.25, -0.2) is 0 Å². The van der Waals surface area contributed by atoms with Crippen LogP contribution in [0.15, 0.2) is 0 Å². The standard InChI is InChI=1S/C5H13O3PS.K/c1-3-5-10-9(6,7)8-4-2;/h3-5H2,1-2H3,(H,6,7);/q;+1/p-1. The molecule has 0 radical (unpaired) electrons. The van der Waals surface area contributed by atoms with E-state index in [9.17, 15) is 9.46 Å². The largest absolute Gasteiger partial charge is 1.00 e. The molecule has 0 aliphatic rings. The molecular weight excluding hydrogens is 210 g/mol. The molecular formula is C5H12KO3PS. The maximum atomic E-state index is 10.8. The topological polar surface area (TPSA) is 49.4 Å². The van der Waals surface area contributed by atoms with Crippen molar-refractivity contribution < 1.29 is 65.4 Å². The second-order valence-electron chi connectivity index (χ2n) is 1.70. The normalized spacial score (nSPS) is 15.2. The Labute approximate surface area is 114 Å². The van der Waals surface area contributed by atoms with Crippen LogP contribution in [0.1, 0.15) is 20.3 Å². The van der Waals surface area contributed by atoms with E-state index in [1.807, 2.05) is 6.92 Å². The Bertz CT molecular complexity index is 133. The molecule has 0 aromatic heterocycles. The van der Waals surface area contributed by atoms with Crippen LogP contribution in [0.4, 0.5) is 0 Å². The quantitative estimate of drug-likeness (QED) is 0.426. The van der Waals surface area contributed by atoms with Crippen molar-refractivity contribution in [2.24, 2.45) is 0 Å². The predicted molar refractivity (Wildman–Crippen MR) is 42.0 cm³/mol. The molecule has 1 atom stereocenters. The third kappa shape index (κ3) is 10.1. The van der Waals surface area contributed by atoms with Crippen molar-refractivity contribution in [3.63, 3.8) is 0 Å². The van der Waals surface area contributed by atoms with Crippen molar-refractivity contribution >= 4 is 18.2 Å². The minimum atomic E-state index is -3.54. The van der Waals surface area contributed by atoms with Crippen LogP contribution in [-0.4, -0.2) is 12.4 Å². The van der Waals surface area contributed by atoms with Crippen LogP contribution in [0.3, 0.4) is 0 Å². The van der Waals surface area contributed by atoms with E-state index in [0.717, 1.165) is 17.8 Å². The van der Waals surface area contributed by atoms with Crippen LogP contribution in [0.2, 0.25) is 0 Å². The first-order valence-electron chi connectivity index (χ1n) is 3.22. The molecule has 0 aliphatic heterocycles. The van der Waals surface area contributed by atoms with Gasteiger partial charge in [0.2, 0.25) is 0 Å². The van der Waals surface area contributed by atoms with Gasteiger partial charge in [-0.1, -0.05) is 18.3 Å². The molecule has 11 heavy (non-hydrogen) atoms. The summed E-state index contributed by atoms with van der Waals surface area (Å²) < 4.78 is 15.3. The van der Waals surface area contributed by atoms with Crippen molar-refractivity contribution in [1.82, 2.24) is 0 Å². The van der Waals surface area contributed by atoms with Gasteiger partial charge in [0.25, 0.3) is 0 Å². The molecule has 3 nitrogen and oxygen atoms in total. The Kier molecular flexibility index (Phi) is 12.4. The van der Waals surface area contributed by atoms with Crippen molar-refractivity contribution in [3.8, 4) is 0 Å². The van der Waals surface area contributed by atoms with Crippen LogP contribution >= 0.6 is 18.2 Å². The van der Waals surface area contributed by atoms with Gasteiger partial charge in [0.1, 0.15) is 0 Å². The fraction of sp³-hybridized carbons (Fsp3) is 1.00. The molecule has 0 bridgehead atoms. The molecule has 0 saturated heterocycles. The van der Waals surface area contributed by atoms with Crippen LogP contribution in [0.5, 0.6) is 0 Å². The maximum absolute atomic E-state index is 10.8. The number of hydrogen-bond donors (Lipinski definition) is 0. The molecule has 1 unspecified atom stereocenters. The average Bonchev–Trinajstić information content (AvgIpc) is 1.84. The molecule has 0 fully saturated rings. The minimum absolute atomic E-state index is 0. The van der Waals surface area contributed by atoms with Gasteiger partial charge in [-0.3, -0.25) is 4.57 Å². The van der Waals surface area contributed by atoms with Crippen molar-refractivity contribution in [1.29, 1.82) is 0 Å². The van der Waals surface area contributed by atoms with Crippen molar-refractivity contribution in [2.45, 2.75) is 20.3 Å². The molecule has 0 rings (SSSR count). The van der Waals surface area contributed by atoms with Gasteiger partial charge in [0.15, 0.2) is 6.80 Å². The van der Waals surface area contributed by atoms with E-state index in [4.69, 9.17) is 0 Å². The molecule has 0 aromatic carbocycles. The summed E-state index contributed by atoms with van der Waals surface area (Å²) in [5, 5.41) is 0. The first-order chi connectivity index (χ1) is 4.62. The van der Waals surface area contributed by atoms with E-state index in [1.54, 1.807) is 6.92 Å². The van der Waals surface area contributed by atoms with Gasteiger partial charge >= 0.3 is 51.4 Å². The zero-order valence-electron chi connectivity index (χ0n) is 7.20. The molecule has 0 amide bonds. The second kappa shape index (κ2) is 8.72. The molecule has 6 heteroatoms. The Balaban J connectivity index is 0. The molecule has 0 spiro atoms. The maximum Gasteiger partial charge on any atom is 1.00 e. The van der Waals surface area contributed by atoms with Crippen molar-refractivity contribution in [2.75, 3.05) is 12.4 Å². The molecule has 0 aromatic rings. The molecule has 62 valence electrons. The molecule has 0 saturated carbocycles. The van der Waals surface area contributed by atoms with E-state index < -0.39 is 6.80 Å². The van der Waals surface area contributed by atoms with E-state index in [1.165, 1.54) is 0 Å². The third-order valence-corrected chi connectivity index (χ3v) is 4.03. The fourth-order valence-electron chi connectivity index (χ4n) is 0.398. The number of rotatable bonds is 5. The predicted octanol–water partition coefficient (Wildman–Crippen LogP) is -1.36. The van der Waals surface area contributed by atoms with Crippen LogP contribution in [0.25, 0.3) is 0 Å². The van der Waals surface area contributed by atoms with Gasteiger partial charge in [-0.15, -0.1) is 0 Å². The Morgan fingerprint density at radius 1 is 1.55 bits per heavy atom. The summed E-state index contributed by atoms with van der Waals surface area (Å²) in [6, 6.07) is 0. The molecule has 0 aliphatic carbocycles. The van der Waals surface area contributed by atoms with Gasteiger partial charge < -0.3 is 9.42 Å². The summed E-state index contributed by atoms with van der Waals surface area (Å²) in [7, 11) is 0. The van der Waals surface area contributed by atoms with Crippen LogP contribution < -0.4 is 56.3 Å². The monoisotopic (exact) mass is 222 g/mol. The molecule has 0 heterocycles. The second-order valence-corrected chi connectivity index (χ2v) is 5.63. The van der Waals surface area contributed by atoms with Gasteiger partial charge in [-0.2, -0.15) is 0 Å². The summed E-state index contributed by atoms with van der Waals surface area (Å²) in [6.07, 6.45) is 0.851. The van der Waals surface area contributed by atoms with Gasteiger partial charge in [0, 0.05) is 5.75 Å². The fourth-order valence-corrected chi connectivity index (χ4v) is 2.95. The Hall–Kier alpha value is 2.14. The van der Waals surface area contributed by atoms with Gasteiger partial charge in [-0.05, 0) is 13.3 Å². The van der Waals surface area contributed by atoms with E-state index in [2.05, 4.69) is 4.52 Å². The van der Waals surface area contributed by atoms with Gasteiger partial charge in [0.05, 0.1) is 6.61 Å². The van der Waals surface area contributed by atoms with Crippen LogP contribution in [0, 0.1) is 0 Å². The first kappa shape index (κ1) is 15.6.